The van der Waals surface area contributed by atoms with Crippen LogP contribution in [0.25, 0.3) is 21.5 Å². The van der Waals surface area contributed by atoms with Crippen molar-refractivity contribution in [2.24, 2.45) is 0 Å². The number of piperidine rings is 1. The molecule has 1 saturated heterocycles. The zero-order valence-corrected chi connectivity index (χ0v) is 18.2. The van der Waals surface area contributed by atoms with E-state index in [1.165, 1.54) is 16.3 Å². The van der Waals surface area contributed by atoms with Crippen molar-refractivity contribution in [3.63, 3.8) is 0 Å². The van der Waals surface area contributed by atoms with Crippen molar-refractivity contribution >= 4 is 21.5 Å². The number of hydrogen-bond donors (Lipinski definition) is 1. The molecule has 1 fully saturated rings. The molecule has 5 heteroatoms. The molecule has 1 aromatic heterocycles. The summed E-state index contributed by atoms with van der Waals surface area (Å²) in [5.41, 5.74) is 1.82. The van der Waals surface area contributed by atoms with Crippen LogP contribution >= 0.6 is 0 Å². The molecule has 0 unspecified atom stereocenters. The van der Waals surface area contributed by atoms with Crippen LogP contribution in [-0.4, -0.2) is 29.1 Å². The largest absolute Gasteiger partial charge is 0.487 e. The molecular weight excluding hydrogens is 403 g/mol. The Kier molecular flexibility index (Phi) is 5.66. The van der Waals surface area contributed by atoms with Crippen LogP contribution in [0, 0.1) is 5.82 Å². The van der Waals surface area contributed by atoms with E-state index >= 15 is 4.39 Å². The molecule has 164 valence electrons. The topological polar surface area (TPSA) is 45.3 Å². The van der Waals surface area contributed by atoms with Crippen LogP contribution in [0.2, 0.25) is 0 Å². The standard InChI is InChI=1S/C27H27FN2O2/c1-2-19-16-29-27(31)23-9-10-24(26(28)25(19)23)32-22-11-13-30(14-12-22)17-18-7-8-20-5-3-4-6-21(20)15-18/h3-10,15-16,22H,2,11-14,17H2,1H3,(H,29,31). The average molecular weight is 431 g/mol. The lowest BCUT2D eigenvalue weighted by Crippen LogP contribution is -2.37. The molecule has 1 aliphatic rings. The SMILES string of the molecule is CCc1c[nH]c(=O)c2ccc(OC3CCN(Cc4ccc5ccccc5c4)CC3)c(F)c12. The van der Waals surface area contributed by atoms with Crippen LogP contribution in [0.3, 0.4) is 0 Å². The van der Waals surface area contributed by atoms with Gasteiger partial charge in [0.1, 0.15) is 6.10 Å². The second-order valence-corrected chi connectivity index (χ2v) is 8.57. The molecule has 0 bridgehead atoms. The first-order chi connectivity index (χ1) is 15.6. The van der Waals surface area contributed by atoms with Crippen molar-refractivity contribution < 1.29 is 9.13 Å². The Morgan fingerprint density at radius 1 is 1.06 bits per heavy atom. The summed E-state index contributed by atoms with van der Waals surface area (Å²) in [6.45, 7) is 4.68. The molecule has 5 rings (SSSR count). The Morgan fingerprint density at radius 2 is 1.84 bits per heavy atom. The molecule has 1 aliphatic heterocycles. The van der Waals surface area contributed by atoms with Gasteiger partial charge in [-0.25, -0.2) is 4.39 Å². The van der Waals surface area contributed by atoms with Crippen LogP contribution in [-0.2, 0) is 13.0 Å². The molecule has 4 nitrogen and oxygen atoms in total. The first-order valence-electron chi connectivity index (χ1n) is 11.3. The van der Waals surface area contributed by atoms with E-state index < -0.39 is 5.82 Å². The van der Waals surface area contributed by atoms with Crippen molar-refractivity contribution in [2.75, 3.05) is 13.1 Å². The van der Waals surface area contributed by atoms with Gasteiger partial charge in [0.05, 0.1) is 5.39 Å². The molecule has 3 aromatic carbocycles. The average Bonchev–Trinajstić information content (AvgIpc) is 2.82. The Bertz CT molecular complexity index is 1320. The second kappa shape index (κ2) is 8.75. The predicted octanol–water partition coefficient (Wildman–Crippen LogP) is 5.43. The number of benzene rings is 3. The van der Waals surface area contributed by atoms with Crippen LogP contribution in [0.1, 0.15) is 30.9 Å². The monoisotopic (exact) mass is 430 g/mol. The third-order valence-electron chi connectivity index (χ3n) is 6.48. The first-order valence-corrected chi connectivity index (χ1v) is 11.3. The summed E-state index contributed by atoms with van der Waals surface area (Å²) in [6, 6.07) is 18.3. The molecule has 0 atom stereocenters. The number of aromatic nitrogens is 1. The highest BCUT2D eigenvalue weighted by molar-refractivity contribution is 5.86. The number of nitrogens with one attached hydrogen (secondary N) is 1. The zero-order chi connectivity index (χ0) is 22.1. The number of ether oxygens (including phenoxy) is 1. The Balaban J connectivity index is 1.26. The van der Waals surface area contributed by atoms with Gasteiger partial charge in [0.2, 0.25) is 0 Å². The highest BCUT2D eigenvalue weighted by atomic mass is 19.1. The Hall–Kier alpha value is -3.18. The van der Waals surface area contributed by atoms with E-state index in [1.807, 2.05) is 6.92 Å². The first kappa shape index (κ1) is 20.7. The molecular formula is C27H27FN2O2. The number of hydrogen-bond acceptors (Lipinski definition) is 3. The number of likely N-dealkylation sites (tertiary alicyclic amines) is 1. The quantitative estimate of drug-likeness (QED) is 0.459. The zero-order valence-electron chi connectivity index (χ0n) is 18.2. The second-order valence-electron chi connectivity index (χ2n) is 8.57. The minimum atomic E-state index is -0.427. The summed E-state index contributed by atoms with van der Waals surface area (Å²) in [4.78, 5) is 17.2. The number of fused-ring (bicyclic) bond motifs is 2. The van der Waals surface area contributed by atoms with Gasteiger partial charge in [0, 0.05) is 31.2 Å². The van der Waals surface area contributed by atoms with E-state index in [9.17, 15) is 4.79 Å². The highest BCUT2D eigenvalue weighted by Crippen LogP contribution is 2.30. The minimum Gasteiger partial charge on any atom is -0.487 e. The summed E-state index contributed by atoms with van der Waals surface area (Å²) in [5, 5.41) is 3.27. The van der Waals surface area contributed by atoms with E-state index in [1.54, 1.807) is 18.3 Å². The smallest absolute Gasteiger partial charge is 0.255 e. The minimum absolute atomic E-state index is 0.0260. The third-order valence-corrected chi connectivity index (χ3v) is 6.48. The van der Waals surface area contributed by atoms with Crippen molar-refractivity contribution in [1.29, 1.82) is 0 Å². The fraction of sp³-hybridized carbons (Fsp3) is 0.296. The lowest BCUT2D eigenvalue weighted by molar-refractivity contribution is 0.0938. The lowest BCUT2D eigenvalue weighted by Gasteiger charge is -2.32. The molecule has 0 saturated carbocycles. The van der Waals surface area contributed by atoms with Gasteiger partial charge in [-0.15, -0.1) is 0 Å². The van der Waals surface area contributed by atoms with Crippen molar-refractivity contribution in [3.8, 4) is 5.75 Å². The molecule has 0 spiro atoms. The maximum atomic E-state index is 15.3. The lowest BCUT2D eigenvalue weighted by atomic mass is 10.0. The highest BCUT2D eigenvalue weighted by Gasteiger charge is 2.23. The summed E-state index contributed by atoms with van der Waals surface area (Å²) >= 11 is 0. The number of nitrogens with zero attached hydrogens (tertiary/aromatic N) is 1. The normalized spacial score (nSPS) is 15.4. The molecule has 1 N–H and O–H groups in total. The maximum Gasteiger partial charge on any atom is 0.255 e. The Morgan fingerprint density at radius 3 is 2.62 bits per heavy atom. The van der Waals surface area contributed by atoms with Crippen LogP contribution in [0.4, 0.5) is 4.39 Å². The van der Waals surface area contributed by atoms with Gasteiger partial charge in [-0.05, 0) is 59.4 Å². The van der Waals surface area contributed by atoms with Crippen LogP contribution < -0.4 is 10.3 Å². The van der Waals surface area contributed by atoms with Crippen LogP contribution in [0.15, 0.2) is 65.6 Å². The van der Waals surface area contributed by atoms with Gasteiger partial charge in [-0.1, -0.05) is 43.3 Å². The van der Waals surface area contributed by atoms with Gasteiger partial charge >= 0.3 is 0 Å². The van der Waals surface area contributed by atoms with E-state index in [0.717, 1.165) is 38.0 Å². The number of pyridine rings is 1. The van der Waals surface area contributed by atoms with Crippen molar-refractivity contribution in [1.82, 2.24) is 9.88 Å². The van der Waals surface area contributed by atoms with Gasteiger partial charge in [-0.3, -0.25) is 9.69 Å². The van der Waals surface area contributed by atoms with Gasteiger partial charge in [-0.2, -0.15) is 0 Å². The van der Waals surface area contributed by atoms with E-state index in [4.69, 9.17) is 4.74 Å². The summed E-state index contributed by atoms with van der Waals surface area (Å²) < 4.78 is 21.3. The number of aromatic amines is 1. The molecule has 0 aliphatic carbocycles. The van der Waals surface area contributed by atoms with Crippen LogP contribution in [0.5, 0.6) is 5.75 Å². The van der Waals surface area contributed by atoms with Gasteiger partial charge in [0.15, 0.2) is 11.6 Å². The Labute approximate surface area is 186 Å². The third kappa shape index (κ3) is 4.00. The van der Waals surface area contributed by atoms with E-state index in [-0.39, 0.29) is 17.4 Å². The summed E-state index contributed by atoms with van der Waals surface area (Å²) in [5.74, 6) is -0.185. The molecule has 32 heavy (non-hydrogen) atoms. The summed E-state index contributed by atoms with van der Waals surface area (Å²) in [6.07, 6.45) is 3.91. The maximum absolute atomic E-state index is 15.3. The summed E-state index contributed by atoms with van der Waals surface area (Å²) in [7, 11) is 0. The number of halogens is 1. The number of aryl methyl sites for hydroxylation is 1. The molecule has 2 heterocycles. The van der Waals surface area contributed by atoms with Crippen molar-refractivity contribution in [3.05, 3.63) is 88.1 Å². The number of H-pyrrole nitrogens is 1. The van der Waals surface area contributed by atoms with E-state index in [2.05, 4.69) is 52.3 Å². The number of rotatable bonds is 5. The van der Waals surface area contributed by atoms with E-state index in [0.29, 0.717) is 17.2 Å². The van der Waals surface area contributed by atoms with Crippen molar-refractivity contribution in [2.45, 2.75) is 38.8 Å². The molecule has 0 amide bonds. The molecule has 0 radical (unpaired) electrons. The fourth-order valence-electron chi connectivity index (χ4n) is 4.69. The van der Waals surface area contributed by atoms with Gasteiger partial charge < -0.3 is 9.72 Å². The van der Waals surface area contributed by atoms with Gasteiger partial charge in [0.25, 0.3) is 5.56 Å². The molecule has 4 aromatic rings. The fourth-order valence-corrected chi connectivity index (χ4v) is 4.69. The predicted molar refractivity (Wildman–Crippen MR) is 127 cm³/mol.